The van der Waals surface area contributed by atoms with E-state index in [-0.39, 0.29) is 12.2 Å². The van der Waals surface area contributed by atoms with E-state index in [9.17, 15) is 14.0 Å². The fourth-order valence-corrected chi connectivity index (χ4v) is 2.11. The molecule has 6 heteroatoms. The van der Waals surface area contributed by atoms with Crippen molar-refractivity contribution in [3.05, 3.63) is 29.5 Å². The van der Waals surface area contributed by atoms with Crippen LogP contribution in [-0.4, -0.2) is 11.9 Å². The molecule has 1 aromatic rings. The molecule has 0 radical (unpaired) electrons. The third kappa shape index (κ3) is 0.982. The van der Waals surface area contributed by atoms with E-state index in [1.54, 1.807) is 12.2 Å². The first-order valence-electron chi connectivity index (χ1n) is 4.72. The van der Waals surface area contributed by atoms with Gasteiger partial charge >= 0.3 is 6.03 Å². The van der Waals surface area contributed by atoms with Gasteiger partial charge in [-0.15, -0.1) is 0 Å². The minimum Gasteiger partial charge on any atom is -0.431 e. The Hall–Kier alpha value is -2.11. The third-order valence-corrected chi connectivity index (χ3v) is 2.83. The Bertz CT molecular complexity index is 534. The van der Waals surface area contributed by atoms with Crippen LogP contribution in [0.15, 0.2) is 16.6 Å². The van der Waals surface area contributed by atoms with Gasteiger partial charge in [0, 0.05) is 18.1 Å². The van der Waals surface area contributed by atoms with Crippen molar-refractivity contribution in [2.24, 2.45) is 0 Å². The summed E-state index contributed by atoms with van der Waals surface area (Å²) in [5.41, 5.74) is -0.856. The smallest absolute Gasteiger partial charge is 0.322 e. The molecule has 2 heterocycles. The standard InChI is InChI=1S/C10H7FN2O3/c11-7-4-5-6(16-7)2-1-3-10(5)8(14)12-9(15)13-10/h1-2,4H,3H2,(H2,12,13,14,15). The van der Waals surface area contributed by atoms with Crippen LogP contribution in [0.4, 0.5) is 9.18 Å². The molecule has 1 aliphatic carbocycles. The molecular weight excluding hydrogens is 215 g/mol. The number of hydrogen-bond acceptors (Lipinski definition) is 3. The number of imide groups is 1. The normalized spacial score (nSPS) is 26.8. The molecule has 1 unspecified atom stereocenters. The summed E-state index contributed by atoms with van der Waals surface area (Å²) in [7, 11) is 0. The van der Waals surface area contributed by atoms with E-state index in [0.717, 1.165) is 6.07 Å². The molecule has 1 fully saturated rings. The Morgan fingerprint density at radius 2 is 2.25 bits per heavy atom. The summed E-state index contributed by atoms with van der Waals surface area (Å²) in [6.07, 6.45) is 3.54. The van der Waals surface area contributed by atoms with Crippen LogP contribution < -0.4 is 10.6 Å². The van der Waals surface area contributed by atoms with Gasteiger partial charge in [-0.2, -0.15) is 4.39 Å². The molecule has 0 aromatic carbocycles. The summed E-state index contributed by atoms with van der Waals surface area (Å²) in [6.45, 7) is 0. The number of carbonyl (C=O) groups excluding carboxylic acids is 2. The highest BCUT2D eigenvalue weighted by Gasteiger charge is 2.50. The SMILES string of the molecule is O=C1NC(=O)C2(CC=Cc3oc(F)cc32)N1. The number of hydrogen-bond donors (Lipinski definition) is 2. The summed E-state index contributed by atoms with van der Waals surface area (Å²) in [6, 6.07) is -0.220. The Morgan fingerprint density at radius 1 is 1.44 bits per heavy atom. The number of urea groups is 1. The fourth-order valence-electron chi connectivity index (χ4n) is 2.11. The third-order valence-electron chi connectivity index (χ3n) is 2.83. The van der Waals surface area contributed by atoms with Crippen molar-refractivity contribution in [3.63, 3.8) is 0 Å². The van der Waals surface area contributed by atoms with Crippen LogP contribution in [0.25, 0.3) is 6.08 Å². The molecule has 3 rings (SSSR count). The Kier molecular flexibility index (Phi) is 1.55. The minimum atomic E-state index is -1.21. The van der Waals surface area contributed by atoms with E-state index in [4.69, 9.17) is 4.42 Å². The van der Waals surface area contributed by atoms with Crippen LogP contribution in [0.2, 0.25) is 0 Å². The number of rotatable bonds is 0. The zero-order chi connectivity index (χ0) is 11.3. The average molecular weight is 222 g/mol. The highest BCUT2D eigenvalue weighted by Crippen LogP contribution is 2.37. The van der Waals surface area contributed by atoms with Crippen LogP contribution in [0, 0.1) is 6.01 Å². The van der Waals surface area contributed by atoms with Gasteiger partial charge in [0.1, 0.15) is 5.76 Å². The number of furan rings is 1. The summed E-state index contributed by atoms with van der Waals surface area (Å²) in [4.78, 5) is 22.9. The van der Waals surface area contributed by atoms with E-state index in [1.807, 2.05) is 0 Å². The molecule has 1 spiro atoms. The Balaban J connectivity index is 2.20. The maximum atomic E-state index is 13.0. The van der Waals surface area contributed by atoms with Gasteiger partial charge in [0.2, 0.25) is 0 Å². The van der Waals surface area contributed by atoms with E-state index in [2.05, 4.69) is 10.6 Å². The number of carbonyl (C=O) groups is 2. The van der Waals surface area contributed by atoms with E-state index in [0.29, 0.717) is 5.56 Å². The lowest BCUT2D eigenvalue weighted by molar-refractivity contribution is -0.124. The molecule has 1 atom stereocenters. The molecule has 2 aliphatic rings. The molecule has 0 saturated carbocycles. The highest BCUT2D eigenvalue weighted by atomic mass is 19.1. The minimum absolute atomic E-state index is 0.265. The number of halogens is 1. The van der Waals surface area contributed by atoms with Gasteiger partial charge in [0.15, 0.2) is 5.54 Å². The van der Waals surface area contributed by atoms with Crippen molar-refractivity contribution in [1.82, 2.24) is 10.6 Å². The second-order valence-corrected chi connectivity index (χ2v) is 3.75. The number of nitrogens with one attached hydrogen (secondary N) is 2. The van der Waals surface area contributed by atoms with Crippen LogP contribution >= 0.6 is 0 Å². The zero-order valence-corrected chi connectivity index (χ0v) is 8.04. The van der Waals surface area contributed by atoms with E-state index < -0.39 is 23.5 Å². The molecule has 3 amide bonds. The van der Waals surface area contributed by atoms with Gasteiger partial charge in [-0.1, -0.05) is 6.08 Å². The van der Waals surface area contributed by atoms with E-state index >= 15 is 0 Å². The Morgan fingerprint density at radius 3 is 2.94 bits per heavy atom. The molecule has 1 saturated heterocycles. The molecule has 2 N–H and O–H groups in total. The number of fused-ring (bicyclic) bond motifs is 2. The van der Waals surface area contributed by atoms with Crippen molar-refractivity contribution in [2.75, 3.05) is 0 Å². The monoisotopic (exact) mass is 222 g/mol. The van der Waals surface area contributed by atoms with E-state index in [1.165, 1.54) is 0 Å². The fraction of sp³-hybridized carbons (Fsp3) is 0.200. The van der Waals surface area contributed by atoms with Crippen molar-refractivity contribution >= 4 is 18.0 Å². The predicted octanol–water partition coefficient (Wildman–Crippen LogP) is 0.870. The van der Waals surface area contributed by atoms with Crippen LogP contribution in [-0.2, 0) is 10.3 Å². The second kappa shape index (κ2) is 2.72. The molecule has 82 valence electrons. The summed E-state index contributed by atoms with van der Waals surface area (Å²) in [5.74, 6) is -0.218. The van der Waals surface area contributed by atoms with Crippen molar-refractivity contribution in [2.45, 2.75) is 12.0 Å². The lowest BCUT2D eigenvalue weighted by atomic mass is 9.83. The zero-order valence-electron chi connectivity index (χ0n) is 8.04. The van der Waals surface area contributed by atoms with Gasteiger partial charge in [0.25, 0.3) is 11.9 Å². The lowest BCUT2D eigenvalue weighted by Gasteiger charge is -2.26. The maximum Gasteiger partial charge on any atom is 0.322 e. The number of amides is 3. The predicted molar refractivity (Wildman–Crippen MR) is 50.7 cm³/mol. The van der Waals surface area contributed by atoms with Gasteiger partial charge in [-0.3, -0.25) is 10.1 Å². The van der Waals surface area contributed by atoms with Crippen LogP contribution in [0.5, 0.6) is 0 Å². The molecule has 1 aromatic heterocycles. The Labute approximate surface area is 89.3 Å². The van der Waals surface area contributed by atoms with Crippen molar-refractivity contribution in [3.8, 4) is 0 Å². The van der Waals surface area contributed by atoms with Crippen molar-refractivity contribution < 1.29 is 18.4 Å². The van der Waals surface area contributed by atoms with Crippen LogP contribution in [0.1, 0.15) is 17.7 Å². The molecule has 5 nitrogen and oxygen atoms in total. The van der Waals surface area contributed by atoms with Gasteiger partial charge < -0.3 is 9.73 Å². The first kappa shape index (κ1) is 9.14. The highest BCUT2D eigenvalue weighted by molar-refractivity contribution is 6.08. The van der Waals surface area contributed by atoms with Crippen LogP contribution in [0.3, 0.4) is 0 Å². The first-order chi connectivity index (χ1) is 7.62. The van der Waals surface area contributed by atoms with Crippen molar-refractivity contribution in [1.29, 1.82) is 0 Å². The topological polar surface area (TPSA) is 71.3 Å². The van der Waals surface area contributed by atoms with Gasteiger partial charge in [-0.25, -0.2) is 4.79 Å². The van der Waals surface area contributed by atoms with Gasteiger partial charge in [-0.05, 0) is 6.08 Å². The molecule has 1 aliphatic heterocycles. The summed E-state index contributed by atoms with van der Waals surface area (Å²) in [5, 5.41) is 4.65. The average Bonchev–Trinajstić information content (AvgIpc) is 2.70. The molecule has 16 heavy (non-hydrogen) atoms. The van der Waals surface area contributed by atoms with Gasteiger partial charge in [0.05, 0.1) is 0 Å². The summed E-state index contributed by atoms with van der Waals surface area (Å²) >= 11 is 0. The maximum absolute atomic E-state index is 13.0. The summed E-state index contributed by atoms with van der Waals surface area (Å²) < 4.78 is 17.8. The molecule has 0 bridgehead atoms. The first-order valence-corrected chi connectivity index (χ1v) is 4.72. The lowest BCUT2D eigenvalue weighted by Crippen LogP contribution is -2.44. The largest absolute Gasteiger partial charge is 0.431 e. The second-order valence-electron chi connectivity index (χ2n) is 3.75. The quantitative estimate of drug-likeness (QED) is 0.640. The molecular formula is C10H7FN2O3.